The summed E-state index contributed by atoms with van der Waals surface area (Å²) in [5, 5.41) is 0. The minimum absolute atomic E-state index is 0. The summed E-state index contributed by atoms with van der Waals surface area (Å²) in [6.07, 6.45) is 2.89. The Labute approximate surface area is 185 Å². The Hall–Kier alpha value is 0.000000000000000888. The van der Waals surface area contributed by atoms with Crippen LogP contribution in [0.3, 0.4) is 0 Å². The van der Waals surface area contributed by atoms with E-state index in [-0.39, 0.29) is 64.7 Å². The predicted octanol–water partition coefficient (Wildman–Crippen LogP) is 1.59. The first-order valence-corrected chi connectivity index (χ1v) is 8.89. The maximum absolute atomic E-state index is 11.5. The molecular weight excluding hydrogens is 374 g/mol. The molecule has 0 aliphatic carbocycles. The second kappa shape index (κ2) is 9.63. The monoisotopic (exact) mass is 386 g/mol. The van der Waals surface area contributed by atoms with Gasteiger partial charge in [-0.1, -0.05) is 54.6 Å². The van der Waals surface area contributed by atoms with Gasteiger partial charge in [-0.2, -0.15) is 16.8 Å². The van der Waals surface area contributed by atoms with E-state index in [0.29, 0.717) is 0 Å². The van der Waals surface area contributed by atoms with Crippen molar-refractivity contribution >= 4 is 91.5 Å². The van der Waals surface area contributed by atoms with E-state index in [1.807, 2.05) is 0 Å². The average Bonchev–Trinajstić information content (AvgIpc) is 2.44. The van der Waals surface area contributed by atoms with Gasteiger partial charge in [0.1, 0.15) is 9.79 Å². The van der Waals surface area contributed by atoms with E-state index >= 15 is 0 Å². The summed E-state index contributed by atoms with van der Waals surface area (Å²) in [6, 6.07) is 12.4. The quantitative estimate of drug-likeness (QED) is 0.469. The molecule has 0 aromatic heterocycles. The fourth-order valence-corrected chi connectivity index (χ4v) is 3.88. The smallest absolute Gasteiger partial charge is 0.282 e. The van der Waals surface area contributed by atoms with Crippen molar-refractivity contribution in [3.05, 3.63) is 59.7 Å². The van der Waals surface area contributed by atoms with Crippen molar-refractivity contribution in [2.75, 3.05) is 0 Å². The fourth-order valence-electron chi connectivity index (χ4n) is 1.89. The van der Waals surface area contributed by atoms with Crippen LogP contribution in [-0.2, 0) is 20.2 Å². The van der Waals surface area contributed by atoms with E-state index in [0.717, 1.165) is 11.6 Å². The van der Waals surface area contributed by atoms with Gasteiger partial charge >= 0.3 is 0 Å². The second-order valence-electron chi connectivity index (χ2n) is 4.37. The van der Waals surface area contributed by atoms with E-state index in [4.69, 9.17) is 4.55 Å². The van der Waals surface area contributed by atoms with Gasteiger partial charge in [-0.05, 0) is 17.2 Å². The predicted molar refractivity (Wildman–Crippen MR) is 92.9 cm³/mol. The number of hydrogen-bond acceptors (Lipinski definition) is 4. The van der Waals surface area contributed by atoms with Crippen LogP contribution >= 0.6 is 0 Å². The summed E-state index contributed by atoms with van der Waals surface area (Å²) in [6.45, 7) is 0. The van der Waals surface area contributed by atoms with Gasteiger partial charge in [-0.15, -0.1) is 0 Å². The molecule has 0 aliphatic rings. The van der Waals surface area contributed by atoms with Gasteiger partial charge in [-0.25, -0.2) is 0 Å². The zero-order valence-corrected chi connectivity index (χ0v) is 18.8. The molecule has 10 heteroatoms. The van der Waals surface area contributed by atoms with E-state index < -0.39 is 30.0 Å². The number of benzene rings is 2. The molecule has 0 heterocycles. The molecule has 2 rings (SSSR count). The molecule has 2 N–H and O–H groups in total. The van der Waals surface area contributed by atoms with Gasteiger partial charge in [0, 0.05) is 59.1 Å². The molecule has 0 bridgehead atoms. The van der Waals surface area contributed by atoms with Crippen LogP contribution < -0.4 is 0 Å². The van der Waals surface area contributed by atoms with Crippen LogP contribution in [0.4, 0.5) is 0 Å². The molecule has 6 nitrogen and oxygen atoms in total. The van der Waals surface area contributed by atoms with Gasteiger partial charge in [0.2, 0.25) is 0 Å². The van der Waals surface area contributed by atoms with Gasteiger partial charge in [0.15, 0.2) is 0 Å². The van der Waals surface area contributed by atoms with E-state index in [1.165, 1.54) is 18.2 Å². The van der Waals surface area contributed by atoms with Crippen molar-refractivity contribution in [3.63, 3.8) is 0 Å². The Morgan fingerprint density at radius 3 is 1.79 bits per heavy atom. The van der Waals surface area contributed by atoms with Gasteiger partial charge in [0.25, 0.3) is 20.2 Å². The number of hydrogen-bond donors (Lipinski definition) is 2. The Morgan fingerprint density at radius 1 is 0.708 bits per heavy atom. The second-order valence-corrected chi connectivity index (χ2v) is 7.12. The Morgan fingerprint density at radius 2 is 1.29 bits per heavy atom. The van der Waals surface area contributed by atoms with Crippen LogP contribution in [0.25, 0.3) is 12.2 Å². The number of rotatable bonds is 4. The molecule has 0 amide bonds. The van der Waals surface area contributed by atoms with Gasteiger partial charge in [-0.3, -0.25) is 9.11 Å². The molecule has 2 radical (unpaired) electrons. The van der Waals surface area contributed by atoms with Crippen molar-refractivity contribution < 1.29 is 25.9 Å². The molecule has 2 aromatic carbocycles. The standard InChI is InChI=1S/C14H12O6S2.2Na/c15-21(16,17)13-8-4-7-12(14(13)22(18,19)20)10-9-11-5-2-1-3-6-11;;/h1-10H,(H,15,16,17)(H,18,19,20);;. The van der Waals surface area contributed by atoms with Crippen LogP contribution in [-0.4, -0.2) is 85.1 Å². The largest absolute Gasteiger partial charge is 0.296 e. The molecular formula is C14H12Na2O6S2. The first kappa shape index (κ1) is 24.0. The van der Waals surface area contributed by atoms with Crippen LogP contribution in [0.1, 0.15) is 11.1 Å². The normalized spacial score (nSPS) is 11.6. The van der Waals surface area contributed by atoms with Gasteiger partial charge < -0.3 is 0 Å². The molecule has 0 saturated carbocycles. The first-order chi connectivity index (χ1) is 10.2. The molecule has 0 atom stereocenters. The van der Waals surface area contributed by atoms with E-state index in [9.17, 15) is 21.4 Å². The Kier molecular flexibility index (Phi) is 9.63. The summed E-state index contributed by atoms with van der Waals surface area (Å²) in [7, 11) is -9.64. The van der Waals surface area contributed by atoms with Crippen LogP contribution in [0.2, 0.25) is 0 Å². The summed E-state index contributed by atoms with van der Waals surface area (Å²) >= 11 is 0. The Balaban J connectivity index is 0.00000264. The molecule has 0 saturated heterocycles. The third kappa shape index (κ3) is 6.38. The topological polar surface area (TPSA) is 109 Å². The zero-order valence-electron chi connectivity index (χ0n) is 13.1. The van der Waals surface area contributed by atoms with Crippen molar-refractivity contribution in [2.24, 2.45) is 0 Å². The summed E-state index contributed by atoms with van der Waals surface area (Å²) in [5.74, 6) is 0. The van der Waals surface area contributed by atoms with Crippen molar-refractivity contribution in [1.82, 2.24) is 0 Å². The average molecular weight is 386 g/mol. The summed E-state index contributed by atoms with van der Waals surface area (Å²) < 4.78 is 63.9. The molecule has 0 fully saturated rings. The van der Waals surface area contributed by atoms with Crippen LogP contribution in [0.5, 0.6) is 0 Å². The summed E-state index contributed by atoms with van der Waals surface area (Å²) in [4.78, 5) is -1.73. The van der Waals surface area contributed by atoms with Crippen LogP contribution in [0.15, 0.2) is 58.3 Å². The minimum atomic E-state index is -4.84. The van der Waals surface area contributed by atoms with E-state index in [2.05, 4.69) is 0 Å². The maximum atomic E-state index is 11.5. The third-order valence-corrected chi connectivity index (χ3v) is 4.80. The van der Waals surface area contributed by atoms with E-state index in [1.54, 1.807) is 36.4 Å². The molecule has 24 heavy (non-hydrogen) atoms. The van der Waals surface area contributed by atoms with Crippen molar-refractivity contribution in [1.29, 1.82) is 0 Å². The van der Waals surface area contributed by atoms with Crippen molar-refractivity contribution in [3.8, 4) is 0 Å². The van der Waals surface area contributed by atoms with Crippen LogP contribution in [0, 0.1) is 0 Å². The Bertz CT molecular complexity index is 923. The fraction of sp³-hybridized carbons (Fsp3) is 0. The molecule has 0 unspecified atom stereocenters. The van der Waals surface area contributed by atoms with Crippen molar-refractivity contribution in [2.45, 2.75) is 9.79 Å². The first-order valence-electron chi connectivity index (χ1n) is 6.01. The minimum Gasteiger partial charge on any atom is -0.282 e. The zero-order chi connectivity index (χ0) is 16.4. The maximum Gasteiger partial charge on any atom is 0.296 e. The molecule has 2 aromatic rings. The molecule has 118 valence electrons. The third-order valence-electron chi connectivity index (χ3n) is 2.80. The van der Waals surface area contributed by atoms with Gasteiger partial charge in [0.05, 0.1) is 0 Å². The SMILES string of the molecule is O=S(=O)(O)c1cccc(C=Cc2ccccc2)c1S(=O)(=O)O.[Na].[Na]. The molecule has 0 aliphatic heterocycles. The molecule has 0 spiro atoms. The summed E-state index contributed by atoms with van der Waals surface area (Å²) in [5.41, 5.74) is 0.697.